The van der Waals surface area contributed by atoms with Gasteiger partial charge in [0, 0.05) is 23.2 Å². The molecule has 1 aliphatic rings. The number of hydrogen-bond donors (Lipinski definition) is 2. The number of rotatable bonds is 2. The normalized spacial score (nSPS) is 21.7. The molecule has 23 heavy (non-hydrogen) atoms. The number of fused-ring (bicyclic) bond motifs is 1. The van der Waals surface area contributed by atoms with Crippen molar-refractivity contribution in [3.05, 3.63) is 36.0 Å². The molecule has 3 N–H and O–H groups in total. The van der Waals surface area contributed by atoms with E-state index in [9.17, 15) is 13.2 Å². The van der Waals surface area contributed by atoms with Crippen LogP contribution >= 0.6 is 12.4 Å². The van der Waals surface area contributed by atoms with Crippen molar-refractivity contribution in [2.24, 2.45) is 5.73 Å². The zero-order valence-corrected chi connectivity index (χ0v) is 13.3. The zero-order valence-electron chi connectivity index (χ0n) is 12.4. The van der Waals surface area contributed by atoms with E-state index < -0.39 is 11.9 Å². The number of halogens is 4. The fourth-order valence-corrected chi connectivity index (χ4v) is 3.02. The van der Waals surface area contributed by atoms with Crippen molar-refractivity contribution >= 4 is 29.0 Å². The minimum absolute atomic E-state index is 0. The third-order valence-corrected chi connectivity index (χ3v) is 4.08. The van der Waals surface area contributed by atoms with Gasteiger partial charge < -0.3 is 11.1 Å². The van der Waals surface area contributed by atoms with E-state index in [2.05, 4.69) is 10.3 Å². The van der Waals surface area contributed by atoms with Crippen molar-refractivity contribution < 1.29 is 13.2 Å². The molecule has 0 aliphatic heterocycles. The number of nitrogens with zero attached hydrogens (tertiary/aromatic N) is 1. The maximum atomic E-state index is 13.0. The van der Waals surface area contributed by atoms with Crippen LogP contribution in [0.2, 0.25) is 0 Å². The van der Waals surface area contributed by atoms with Gasteiger partial charge in [0.05, 0.1) is 5.52 Å². The number of para-hydroxylation sites is 1. The monoisotopic (exact) mass is 345 g/mol. The van der Waals surface area contributed by atoms with Crippen LogP contribution in [0.25, 0.3) is 10.9 Å². The third-order valence-electron chi connectivity index (χ3n) is 4.08. The van der Waals surface area contributed by atoms with Gasteiger partial charge in [0.2, 0.25) is 0 Å². The van der Waals surface area contributed by atoms with Crippen molar-refractivity contribution in [3.63, 3.8) is 0 Å². The van der Waals surface area contributed by atoms with E-state index in [-0.39, 0.29) is 24.5 Å². The maximum absolute atomic E-state index is 13.0. The molecule has 2 unspecified atom stereocenters. The van der Waals surface area contributed by atoms with Gasteiger partial charge in [0.15, 0.2) is 0 Å². The molecule has 126 valence electrons. The predicted molar refractivity (Wildman–Crippen MR) is 87.8 cm³/mol. The second-order valence-corrected chi connectivity index (χ2v) is 5.84. The van der Waals surface area contributed by atoms with Crippen molar-refractivity contribution in [2.45, 2.75) is 43.9 Å². The SMILES string of the molecule is Cl.NC1CCCC(Nc2cc(C(F)(F)F)nc3ccccc23)C1. The summed E-state index contributed by atoms with van der Waals surface area (Å²) in [4.78, 5) is 3.73. The second-order valence-electron chi connectivity index (χ2n) is 5.84. The van der Waals surface area contributed by atoms with Gasteiger partial charge >= 0.3 is 6.18 Å². The predicted octanol–water partition coefficient (Wildman–Crippen LogP) is 4.36. The fraction of sp³-hybridized carbons (Fsp3) is 0.438. The molecule has 1 aliphatic carbocycles. The van der Waals surface area contributed by atoms with Gasteiger partial charge in [0.25, 0.3) is 0 Å². The van der Waals surface area contributed by atoms with Gasteiger partial charge in [-0.25, -0.2) is 4.98 Å². The Morgan fingerprint density at radius 1 is 1.17 bits per heavy atom. The average molecular weight is 346 g/mol. The minimum Gasteiger partial charge on any atom is -0.382 e. The van der Waals surface area contributed by atoms with Crippen LogP contribution < -0.4 is 11.1 Å². The Morgan fingerprint density at radius 3 is 2.61 bits per heavy atom. The van der Waals surface area contributed by atoms with Gasteiger partial charge in [0.1, 0.15) is 5.69 Å². The minimum atomic E-state index is -4.45. The van der Waals surface area contributed by atoms with Crippen LogP contribution in [0.5, 0.6) is 0 Å². The van der Waals surface area contributed by atoms with Crippen LogP contribution in [0.15, 0.2) is 30.3 Å². The standard InChI is InChI=1S/C16H18F3N3.ClH/c17-16(18,19)15-9-14(12-6-1-2-7-13(12)22-15)21-11-5-3-4-10(20)8-11;/h1-2,6-7,9-11H,3-5,8,20H2,(H,21,22);1H. The third kappa shape index (κ3) is 4.06. The first kappa shape index (κ1) is 17.8. The lowest BCUT2D eigenvalue weighted by atomic mass is 9.91. The quantitative estimate of drug-likeness (QED) is 0.850. The second kappa shape index (κ2) is 6.93. The van der Waals surface area contributed by atoms with Gasteiger partial charge in [-0.05, 0) is 37.8 Å². The number of hydrogen-bond acceptors (Lipinski definition) is 3. The van der Waals surface area contributed by atoms with Gasteiger partial charge in [-0.1, -0.05) is 18.2 Å². The van der Waals surface area contributed by atoms with Crippen LogP contribution in [0.4, 0.5) is 18.9 Å². The smallest absolute Gasteiger partial charge is 0.382 e. The maximum Gasteiger partial charge on any atom is 0.433 e. The number of alkyl halides is 3. The lowest BCUT2D eigenvalue weighted by Crippen LogP contribution is -2.35. The van der Waals surface area contributed by atoms with Crippen LogP contribution in [0.1, 0.15) is 31.4 Å². The highest BCUT2D eigenvalue weighted by Crippen LogP contribution is 2.34. The lowest BCUT2D eigenvalue weighted by molar-refractivity contribution is -0.140. The number of nitrogens with one attached hydrogen (secondary N) is 1. The zero-order chi connectivity index (χ0) is 15.7. The fourth-order valence-electron chi connectivity index (χ4n) is 3.02. The van der Waals surface area contributed by atoms with Gasteiger partial charge in [-0.3, -0.25) is 0 Å². The molecule has 2 atom stereocenters. The molecule has 0 radical (unpaired) electrons. The van der Waals surface area contributed by atoms with Crippen molar-refractivity contribution in [1.29, 1.82) is 0 Å². The summed E-state index contributed by atoms with van der Waals surface area (Å²) in [6.45, 7) is 0. The van der Waals surface area contributed by atoms with Crippen molar-refractivity contribution in [3.8, 4) is 0 Å². The summed E-state index contributed by atoms with van der Waals surface area (Å²) in [7, 11) is 0. The van der Waals surface area contributed by atoms with Crippen LogP contribution in [-0.4, -0.2) is 17.1 Å². The molecule has 2 aromatic rings. The van der Waals surface area contributed by atoms with E-state index in [1.54, 1.807) is 24.3 Å². The van der Waals surface area contributed by atoms with Crippen LogP contribution in [0, 0.1) is 0 Å². The molecule has 1 aromatic heterocycles. The number of anilines is 1. The summed E-state index contributed by atoms with van der Waals surface area (Å²) < 4.78 is 39.1. The van der Waals surface area contributed by atoms with E-state index in [0.29, 0.717) is 16.6 Å². The number of benzene rings is 1. The summed E-state index contributed by atoms with van der Waals surface area (Å²) in [5.74, 6) is 0. The lowest BCUT2D eigenvalue weighted by Gasteiger charge is -2.28. The summed E-state index contributed by atoms with van der Waals surface area (Å²) in [5.41, 5.74) is 5.92. The molecule has 1 saturated carbocycles. The summed E-state index contributed by atoms with van der Waals surface area (Å²) in [6.07, 6.45) is -0.788. The molecule has 7 heteroatoms. The molecule has 1 heterocycles. The molecule has 1 aromatic carbocycles. The van der Waals surface area contributed by atoms with Gasteiger partial charge in [-0.2, -0.15) is 13.2 Å². The molecular weight excluding hydrogens is 327 g/mol. The Morgan fingerprint density at radius 2 is 1.91 bits per heavy atom. The van der Waals surface area contributed by atoms with E-state index in [4.69, 9.17) is 5.73 Å². The summed E-state index contributed by atoms with van der Waals surface area (Å²) in [6, 6.07) is 8.19. The molecule has 1 fully saturated rings. The Balaban J connectivity index is 0.00000192. The summed E-state index contributed by atoms with van der Waals surface area (Å²) >= 11 is 0. The highest BCUT2D eigenvalue weighted by Gasteiger charge is 2.33. The van der Waals surface area contributed by atoms with E-state index >= 15 is 0 Å². The first-order valence-corrected chi connectivity index (χ1v) is 7.42. The average Bonchev–Trinajstić information content (AvgIpc) is 2.46. The molecule has 0 saturated heterocycles. The first-order chi connectivity index (χ1) is 10.4. The molecule has 0 spiro atoms. The summed E-state index contributed by atoms with van der Waals surface area (Å²) in [5, 5.41) is 3.95. The highest BCUT2D eigenvalue weighted by atomic mass is 35.5. The number of aromatic nitrogens is 1. The Labute approximate surface area is 138 Å². The number of pyridine rings is 1. The van der Waals surface area contributed by atoms with E-state index in [0.717, 1.165) is 31.7 Å². The Bertz CT molecular complexity index is 675. The topological polar surface area (TPSA) is 50.9 Å². The largest absolute Gasteiger partial charge is 0.433 e. The Hall–Kier alpha value is -1.53. The van der Waals surface area contributed by atoms with Crippen molar-refractivity contribution in [2.75, 3.05) is 5.32 Å². The molecule has 0 amide bonds. The number of nitrogens with two attached hydrogens (primary N) is 1. The molecule has 0 bridgehead atoms. The van der Waals surface area contributed by atoms with Gasteiger partial charge in [-0.15, -0.1) is 12.4 Å². The first-order valence-electron chi connectivity index (χ1n) is 7.42. The van der Waals surface area contributed by atoms with Crippen LogP contribution in [0.3, 0.4) is 0 Å². The Kier molecular flexibility index (Phi) is 5.37. The molecule has 3 rings (SSSR count). The van der Waals surface area contributed by atoms with Crippen LogP contribution in [-0.2, 0) is 6.18 Å². The highest BCUT2D eigenvalue weighted by molar-refractivity contribution is 5.91. The van der Waals surface area contributed by atoms with Crippen molar-refractivity contribution in [1.82, 2.24) is 4.98 Å². The molecular formula is C16H19ClF3N3. The van der Waals surface area contributed by atoms with E-state index in [1.807, 2.05) is 0 Å². The van der Waals surface area contributed by atoms with E-state index in [1.165, 1.54) is 0 Å². The molecule has 3 nitrogen and oxygen atoms in total.